The molecule has 1 heterocycles. The second kappa shape index (κ2) is 6.24. The number of benzene rings is 1. The predicted molar refractivity (Wildman–Crippen MR) is 71.4 cm³/mol. The second-order valence-corrected chi connectivity index (χ2v) is 4.32. The van der Waals surface area contributed by atoms with Crippen molar-refractivity contribution in [3.8, 4) is 11.1 Å². The van der Waals surface area contributed by atoms with E-state index in [9.17, 15) is 13.2 Å². The zero-order chi connectivity index (χ0) is 15.5. The van der Waals surface area contributed by atoms with Gasteiger partial charge in [-0.3, -0.25) is 4.98 Å². The summed E-state index contributed by atoms with van der Waals surface area (Å²) in [6.07, 6.45) is -3.67. The monoisotopic (exact) mass is 297 g/mol. The molecule has 6 heteroatoms. The van der Waals surface area contributed by atoms with Gasteiger partial charge in [0.25, 0.3) is 0 Å². The summed E-state index contributed by atoms with van der Waals surface area (Å²) in [5.41, 5.74) is 0.288. The van der Waals surface area contributed by atoms with Crippen LogP contribution < -0.4 is 0 Å². The lowest BCUT2D eigenvalue weighted by atomic mass is 10.0. The van der Waals surface area contributed by atoms with Gasteiger partial charge in [-0.25, -0.2) is 0 Å². The van der Waals surface area contributed by atoms with Gasteiger partial charge in [0.15, 0.2) is 0 Å². The molecule has 1 aromatic carbocycles. The van der Waals surface area contributed by atoms with Gasteiger partial charge in [-0.15, -0.1) is 0 Å². The summed E-state index contributed by atoms with van der Waals surface area (Å²) >= 11 is 0. The van der Waals surface area contributed by atoms with Gasteiger partial charge >= 0.3 is 6.18 Å². The first-order chi connectivity index (χ1) is 9.97. The van der Waals surface area contributed by atoms with Crippen LogP contribution in [0.15, 0.2) is 42.6 Å². The molecule has 0 amide bonds. The SMILES string of the molecule is COC(OC)c1ccc(-c2ccccc2C(F)(F)F)cn1. The summed E-state index contributed by atoms with van der Waals surface area (Å²) in [5.74, 6) is 0. The number of nitrogens with zero attached hydrogens (tertiary/aromatic N) is 1. The molecule has 0 aliphatic heterocycles. The van der Waals surface area contributed by atoms with Crippen LogP contribution >= 0.6 is 0 Å². The Hall–Kier alpha value is -1.92. The molecule has 0 N–H and O–H groups in total. The Bertz CT molecular complexity index is 593. The molecule has 0 saturated carbocycles. The van der Waals surface area contributed by atoms with E-state index in [1.807, 2.05) is 0 Å². The normalized spacial score (nSPS) is 11.9. The molecule has 0 aliphatic carbocycles. The quantitative estimate of drug-likeness (QED) is 0.798. The Kier molecular flexibility index (Phi) is 4.59. The van der Waals surface area contributed by atoms with Crippen LogP contribution in [0.5, 0.6) is 0 Å². The van der Waals surface area contributed by atoms with Crippen molar-refractivity contribution >= 4 is 0 Å². The van der Waals surface area contributed by atoms with Crippen LogP contribution in [0.1, 0.15) is 17.5 Å². The van der Waals surface area contributed by atoms with E-state index in [1.165, 1.54) is 32.5 Å². The van der Waals surface area contributed by atoms with Gasteiger partial charge in [-0.2, -0.15) is 13.2 Å². The number of alkyl halides is 3. The average molecular weight is 297 g/mol. The zero-order valence-electron chi connectivity index (χ0n) is 11.5. The Labute approximate surface area is 120 Å². The fourth-order valence-corrected chi connectivity index (χ4v) is 2.02. The number of aromatic nitrogens is 1. The molecule has 0 unspecified atom stereocenters. The summed E-state index contributed by atoms with van der Waals surface area (Å²) in [4.78, 5) is 4.10. The van der Waals surface area contributed by atoms with Crippen LogP contribution in [0.2, 0.25) is 0 Å². The number of methoxy groups -OCH3 is 2. The summed E-state index contributed by atoms with van der Waals surface area (Å²) in [5, 5.41) is 0. The van der Waals surface area contributed by atoms with Gasteiger partial charge < -0.3 is 9.47 Å². The summed E-state index contributed by atoms with van der Waals surface area (Å²) < 4.78 is 49.1. The van der Waals surface area contributed by atoms with Crippen molar-refractivity contribution in [2.45, 2.75) is 12.5 Å². The minimum Gasteiger partial charge on any atom is -0.350 e. The van der Waals surface area contributed by atoms with Gasteiger partial charge in [0.1, 0.15) is 0 Å². The lowest BCUT2D eigenvalue weighted by molar-refractivity contribution is -0.137. The summed E-state index contributed by atoms with van der Waals surface area (Å²) in [6.45, 7) is 0. The number of hydrogen-bond donors (Lipinski definition) is 0. The highest BCUT2D eigenvalue weighted by atomic mass is 19.4. The predicted octanol–water partition coefficient (Wildman–Crippen LogP) is 4.06. The molecule has 0 fully saturated rings. The highest BCUT2D eigenvalue weighted by molar-refractivity contribution is 5.67. The van der Waals surface area contributed by atoms with Crippen LogP contribution in [0.4, 0.5) is 13.2 Å². The molecule has 0 aliphatic rings. The van der Waals surface area contributed by atoms with E-state index in [4.69, 9.17) is 9.47 Å². The molecule has 0 spiro atoms. The minimum atomic E-state index is -4.41. The number of halogens is 3. The van der Waals surface area contributed by atoms with E-state index in [0.29, 0.717) is 11.3 Å². The fourth-order valence-electron chi connectivity index (χ4n) is 2.02. The van der Waals surface area contributed by atoms with Crippen molar-refractivity contribution in [1.82, 2.24) is 4.98 Å². The van der Waals surface area contributed by atoms with Gasteiger partial charge in [0, 0.05) is 26.0 Å². The van der Waals surface area contributed by atoms with E-state index >= 15 is 0 Å². The summed E-state index contributed by atoms with van der Waals surface area (Å²) in [7, 11) is 2.92. The zero-order valence-corrected chi connectivity index (χ0v) is 11.5. The largest absolute Gasteiger partial charge is 0.417 e. The van der Waals surface area contributed by atoms with Crippen molar-refractivity contribution in [2.24, 2.45) is 0 Å². The molecular weight excluding hydrogens is 283 g/mol. The molecule has 0 radical (unpaired) electrons. The van der Waals surface area contributed by atoms with Crippen LogP contribution in [0.3, 0.4) is 0 Å². The van der Waals surface area contributed by atoms with E-state index in [-0.39, 0.29) is 5.56 Å². The van der Waals surface area contributed by atoms with Crippen molar-refractivity contribution in [3.63, 3.8) is 0 Å². The van der Waals surface area contributed by atoms with Gasteiger partial charge in [-0.1, -0.05) is 24.3 Å². The first-order valence-electron chi connectivity index (χ1n) is 6.15. The topological polar surface area (TPSA) is 31.4 Å². The molecule has 0 atom stereocenters. The number of rotatable bonds is 4. The van der Waals surface area contributed by atoms with E-state index in [1.54, 1.807) is 18.2 Å². The molecule has 2 aromatic rings. The Morgan fingerprint density at radius 2 is 1.67 bits per heavy atom. The average Bonchev–Trinajstić information content (AvgIpc) is 2.48. The van der Waals surface area contributed by atoms with Crippen molar-refractivity contribution < 1.29 is 22.6 Å². The molecular formula is C15H14F3NO2. The van der Waals surface area contributed by atoms with E-state index < -0.39 is 18.0 Å². The van der Waals surface area contributed by atoms with Gasteiger partial charge in [0.05, 0.1) is 11.3 Å². The third kappa shape index (κ3) is 3.40. The third-order valence-corrected chi connectivity index (χ3v) is 3.00. The molecule has 2 rings (SSSR count). The second-order valence-electron chi connectivity index (χ2n) is 4.32. The van der Waals surface area contributed by atoms with Crippen molar-refractivity contribution in [3.05, 3.63) is 53.9 Å². The lowest BCUT2D eigenvalue weighted by Gasteiger charge is -2.15. The molecule has 21 heavy (non-hydrogen) atoms. The highest BCUT2D eigenvalue weighted by Gasteiger charge is 2.33. The highest BCUT2D eigenvalue weighted by Crippen LogP contribution is 2.36. The number of ether oxygens (including phenoxy) is 2. The summed E-state index contributed by atoms with van der Waals surface area (Å²) in [6, 6.07) is 8.55. The Morgan fingerprint density at radius 3 is 2.19 bits per heavy atom. The molecule has 112 valence electrons. The van der Waals surface area contributed by atoms with Crippen molar-refractivity contribution in [2.75, 3.05) is 14.2 Å². The fraction of sp³-hybridized carbons (Fsp3) is 0.267. The molecule has 3 nitrogen and oxygen atoms in total. The maximum Gasteiger partial charge on any atom is 0.417 e. The van der Waals surface area contributed by atoms with Crippen LogP contribution in [0, 0.1) is 0 Å². The number of pyridine rings is 1. The first kappa shape index (κ1) is 15.5. The van der Waals surface area contributed by atoms with Gasteiger partial charge in [-0.05, 0) is 17.7 Å². The van der Waals surface area contributed by atoms with E-state index in [2.05, 4.69) is 4.98 Å². The lowest BCUT2D eigenvalue weighted by Crippen LogP contribution is -2.08. The molecule has 1 aromatic heterocycles. The standard InChI is InChI=1S/C15H14F3NO2/c1-20-14(21-2)13-8-7-10(9-19-13)11-5-3-4-6-12(11)15(16,17)18/h3-9,14H,1-2H3. The smallest absolute Gasteiger partial charge is 0.350 e. The van der Waals surface area contributed by atoms with Gasteiger partial charge in [0.2, 0.25) is 6.29 Å². The molecule has 0 bridgehead atoms. The number of hydrogen-bond acceptors (Lipinski definition) is 3. The Balaban J connectivity index is 2.40. The minimum absolute atomic E-state index is 0.0930. The van der Waals surface area contributed by atoms with Crippen LogP contribution in [-0.2, 0) is 15.7 Å². The van der Waals surface area contributed by atoms with Crippen LogP contribution in [-0.4, -0.2) is 19.2 Å². The third-order valence-electron chi connectivity index (χ3n) is 3.00. The maximum absolute atomic E-state index is 13.0. The first-order valence-corrected chi connectivity index (χ1v) is 6.15. The maximum atomic E-state index is 13.0. The van der Waals surface area contributed by atoms with E-state index in [0.717, 1.165) is 6.07 Å². The molecule has 0 saturated heterocycles. The van der Waals surface area contributed by atoms with Crippen molar-refractivity contribution in [1.29, 1.82) is 0 Å². The Morgan fingerprint density at radius 1 is 1.00 bits per heavy atom. The van der Waals surface area contributed by atoms with Crippen LogP contribution in [0.25, 0.3) is 11.1 Å².